The average Bonchev–Trinajstić information content (AvgIpc) is 3.14. The summed E-state index contributed by atoms with van der Waals surface area (Å²) in [6, 6.07) is 6.67. The van der Waals surface area contributed by atoms with Crippen molar-refractivity contribution >= 4 is 5.91 Å². The lowest BCUT2D eigenvalue weighted by Gasteiger charge is -2.16. The standard InChI is InChI=1S/C16H22N2O/c17-10-15(13-6-7-13)18-16(19)9-11-4-5-12-2-1-3-14(12)8-11/h4-5,8,13,15H,1-3,6-7,9-10,17H2,(H,18,19). The fourth-order valence-electron chi connectivity index (χ4n) is 3.05. The van der Waals surface area contributed by atoms with Gasteiger partial charge in [0.25, 0.3) is 0 Å². The first-order valence-electron chi connectivity index (χ1n) is 7.36. The molecule has 0 heterocycles. The molecule has 19 heavy (non-hydrogen) atoms. The zero-order chi connectivity index (χ0) is 13.2. The largest absolute Gasteiger partial charge is 0.352 e. The van der Waals surface area contributed by atoms with Crippen LogP contribution >= 0.6 is 0 Å². The Hall–Kier alpha value is -1.35. The van der Waals surface area contributed by atoms with Crippen molar-refractivity contribution in [3.63, 3.8) is 0 Å². The van der Waals surface area contributed by atoms with Crippen molar-refractivity contribution in [2.75, 3.05) is 6.54 Å². The number of carbonyl (C=O) groups excluding carboxylic acids is 1. The Morgan fingerprint density at radius 1 is 1.32 bits per heavy atom. The van der Waals surface area contributed by atoms with Gasteiger partial charge >= 0.3 is 0 Å². The fraction of sp³-hybridized carbons (Fsp3) is 0.562. The van der Waals surface area contributed by atoms with Gasteiger partial charge in [0.2, 0.25) is 5.91 Å². The number of hydrogen-bond acceptors (Lipinski definition) is 2. The van der Waals surface area contributed by atoms with Crippen molar-refractivity contribution in [2.45, 2.75) is 44.6 Å². The zero-order valence-corrected chi connectivity index (χ0v) is 11.3. The van der Waals surface area contributed by atoms with Crippen molar-refractivity contribution in [1.29, 1.82) is 0 Å². The summed E-state index contributed by atoms with van der Waals surface area (Å²) in [4.78, 5) is 12.0. The van der Waals surface area contributed by atoms with E-state index in [9.17, 15) is 4.79 Å². The van der Waals surface area contributed by atoms with E-state index in [0.717, 1.165) is 12.0 Å². The lowest BCUT2D eigenvalue weighted by atomic mass is 10.0. The van der Waals surface area contributed by atoms with Crippen LogP contribution in [0.5, 0.6) is 0 Å². The molecule has 102 valence electrons. The van der Waals surface area contributed by atoms with E-state index in [1.54, 1.807) is 0 Å². The van der Waals surface area contributed by atoms with Crippen molar-refractivity contribution in [3.8, 4) is 0 Å². The van der Waals surface area contributed by atoms with Crippen LogP contribution in [0.2, 0.25) is 0 Å². The maximum absolute atomic E-state index is 12.0. The van der Waals surface area contributed by atoms with Gasteiger partial charge in [-0.25, -0.2) is 0 Å². The van der Waals surface area contributed by atoms with Gasteiger partial charge in [0, 0.05) is 12.6 Å². The Bertz CT molecular complexity index is 480. The molecular weight excluding hydrogens is 236 g/mol. The molecule has 1 amide bonds. The van der Waals surface area contributed by atoms with Crippen LogP contribution in [0.4, 0.5) is 0 Å². The van der Waals surface area contributed by atoms with E-state index in [1.165, 1.54) is 36.8 Å². The molecule has 0 saturated heterocycles. The number of rotatable bonds is 5. The van der Waals surface area contributed by atoms with Gasteiger partial charge in [-0.2, -0.15) is 0 Å². The number of fused-ring (bicyclic) bond motifs is 1. The van der Waals surface area contributed by atoms with Crippen molar-refractivity contribution < 1.29 is 4.79 Å². The molecule has 2 aliphatic rings. The van der Waals surface area contributed by atoms with E-state index in [0.29, 0.717) is 18.9 Å². The lowest BCUT2D eigenvalue weighted by molar-refractivity contribution is -0.121. The Morgan fingerprint density at radius 2 is 2.11 bits per heavy atom. The van der Waals surface area contributed by atoms with Crippen LogP contribution in [0, 0.1) is 5.92 Å². The number of aryl methyl sites for hydroxylation is 2. The second kappa shape index (κ2) is 5.33. The normalized spacial score (nSPS) is 19.0. The molecule has 0 aromatic heterocycles. The summed E-state index contributed by atoms with van der Waals surface area (Å²) in [5, 5.41) is 3.08. The topological polar surface area (TPSA) is 55.1 Å². The first-order chi connectivity index (χ1) is 9.26. The number of nitrogens with two attached hydrogens (primary N) is 1. The van der Waals surface area contributed by atoms with Gasteiger partial charge < -0.3 is 11.1 Å². The highest BCUT2D eigenvalue weighted by Gasteiger charge is 2.31. The average molecular weight is 258 g/mol. The van der Waals surface area contributed by atoms with E-state index in [1.807, 2.05) is 0 Å². The maximum Gasteiger partial charge on any atom is 0.224 e. The quantitative estimate of drug-likeness (QED) is 0.842. The minimum absolute atomic E-state index is 0.111. The number of nitrogens with one attached hydrogen (secondary N) is 1. The molecule has 1 atom stereocenters. The number of carbonyl (C=O) groups is 1. The molecule has 3 heteroatoms. The Kier molecular flexibility index (Phi) is 3.56. The molecule has 1 aromatic rings. The van der Waals surface area contributed by atoms with E-state index in [-0.39, 0.29) is 11.9 Å². The van der Waals surface area contributed by atoms with Crippen LogP contribution in [-0.4, -0.2) is 18.5 Å². The van der Waals surface area contributed by atoms with Gasteiger partial charge in [-0.3, -0.25) is 4.79 Å². The molecule has 0 bridgehead atoms. The van der Waals surface area contributed by atoms with Crippen LogP contribution in [0.25, 0.3) is 0 Å². The van der Waals surface area contributed by atoms with Crippen molar-refractivity contribution in [2.24, 2.45) is 11.7 Å². The molecule has 0 spiro atoms. The first-order valence-corrected chi connectivity index (χ1v) is 7.36. The molecule has 1 aromatic carbocycles. The summed E-state index contributed by atoms with van der Waals surface area (Å²) in [6.45, 7) is 0.556. The van der Waals surface area contributed by atoms with E-state index in [4.69, 9.17) is 5.73 Å². The summed E-state index contributed by atoms with van der Waals surface area (Å²) in [6.07, 6.45) is 6.51. The number of hydrogen-bond donors (Lipinski definition) is 2. The van der Waals surface area contributed by atoms with E-state index < -0.39 is 0 Å². The van der Waals surface area contributed by atoms with E-state index in [2.05, 4.69) is 23.5 Å². The second-order valence-corrected chi connectivity index (χ2v) is 5.88. The monoisotopic (exact) mass is 258 g/mol. The molecule has 3 nitrogen and oxygen atoms in total. The number of amides is 1. The molecule has 2 aliphatic carbocycles. The maximum atomic E-state index is 12.0. The van der Waals surface area contributed by atoms with Gasteiger partial charge in [-0.05, 0) is 54.7 Å². The highest BCUT2D eigenvalue weighted by molar-refractivity contribution is 5.79. The molecular formula is C16H22N2O. The minimum Gasteiger partial charge on any atom is -0.352 e. The Labute approximate surface area is 114 Å². The predicted octanol–water partition coefficient (Wildman–Crippen LogP) is 1.57. The first kappa shape index (κ1) is 12.7. The summed E-state index contributed by atoms with van der Waals surface area (Å²) in [5.74, 6) is 0.731. The predicted molar refractivity (Wildman–Crippen MR) is 75.9 cm³/mol. The minimum atomic E-state index is 0.111. The zero-order valence-electron chi connectivity index (χ0n) is 11.3. The van der Waals surface area contributed by atoms with Crippen molar-refractivity contribution in [3.05, 3.63) is 34.9 Å². The molecule has 0 aliphatic heterocycles. The van der Waals surface area contributed by atoms with Gasteiger partial charge in [0.15, 0.2) is 0 Å². The summed E-state index contributed by atoms with van der Waals surface area (Å²) in [5.41, 5.74) is 9.74. The summed E-state index contributed by atoms with van der Waals surface area (Å²) >= 11 is 0. The smallest absolute Gasteiger partial charge is 0.224 e. The van der Waals surface area contributed by atoms with Crippen LogP contribution < -0.4 is 11.1 Å². The fourth-order valence-corrected chi connectivity index (χ4v) is 3.05. The van der Waals surface area contributed by atoms with Gasteiger partial charge in [0.05, 0.1) is 6.42 Å². The van der Waals surface area contributed by atoms with Crippen LogP contribution in [0.15, 0.2) is 18.2 Å². The molecule has 1 unspecified atom stereocenters. The Morgan fingerprint density at radius 3 is 2.84 bits per heavy atom. The van der Waals surface area contributed by atoms with Crippen LogP contribution in [0.1, 0.15) is 36.0 Å². The third kappa shape index (κ3) is 2.98. The van der Waals surface area contributed by atoms with Gasteiger partial charge in [-0.1, -0.05) is 18.2 Å². The van der Waals surface area contributed by atoms with Crippen LogP contribution in [-0.2, 0) is 24.1 Å². The lowest BCUT2D eigenvalue weighted by Crippen LogP contribution is -2.42. The third-order valence-corrected chi connectivity index (χ3v) is 4.32. The van der Waals surface area contributed by atoms with E-state index >= 15 is 0 Å². The highest BCUT2D eigenvalue weighted by Crippen LogP contribution is 2.32. The van der Waals surface area contributed by atoms with Gasteiger partial charge in [0.1, 0.15) is 0 Å². The van der Waals surface area contributed by atoms with Crippen LogP contribution in [0.3, 0.4) is 0 Å². The van der Waals surface area contributed by atoms with Crippen molar-refractivity contribution in [1.82, 2.24) is 5.32 Å². The molecule has 1 saturated carbocycles. The second-order valence-electron chi connectivity index (χ2n) is 5.88. The highest BCUT2D eigenvalue weighted by atomic mass is 16.1. The molecule has 3 N–H and O–H groups in total. The summed E-state index contributed by atoms with van der Waals surface area (Å²) < 4.78 is 0. The molecule has 0 radical (unpaired) electrons. The Balaban J connectivity index is 1.59. The molecule has 1 fully saturated rings. The SMILES string of the molecule is NCC(NC(=O)Cc1ccc2c(c1)CCC2)C1CC1. The summed E-state index contributed by atoms with van der Waals surface area (Å²) in [7, 11) is 0. The van der Waals surface area contributed by atoms with Gasteiger partial charge in [-0.15, -0.1) is 0 Å². The number of benzene rings is 1. The molecule has 3 rings (SSSR count). The third-order valence-electron chi connectivity index (χ3n) is 4.32.